The molecule has 0 aromatic heterocycles. The number of aliphatic imine (C=N–C) groups is 1. The third kappa shape index (κ3) is 4.05. The van der Waals surface area contributed by atoms with Gasteiger partial charge >= 0.3 is 0 Å². The third-order valence-electron chi connectivity index (χ3n) is 3.49. The van der Waals surface area contributed by atoms with E-state index >= 15 is 0 Å². The van der Waals surface area contributed by atoms with Gasteiger partial charge in [0.2, 0.25) is 5.91 Å². The zero-order valence-corrected chi connectivity index (χ0v) is 16.4. The summed E-state index contributed by atoms with van der Waals surface area (Å²) in [4.78, 5) is 30.4. The first-order valence-corrected chi connectivity index (χ1v) is 9.06. The predicted octanol–water partition coefficient (Wildman–Crippen LogP) is 3.71. The van der Waals surface area contributed by atoms with Crippen molar-refractivity contribution in [2.24, 2.45) is 10.9 Å². The molecule has 0 saturated carbocycles. The summed E-state index contributed by atoms with van der Waals surface area (Å²) in [5.74, 6) is -2.00. The van der Waals surface area contributed by atoms with Crippen molar-refractivity contribution in [3.8, 4) is 0 Å². The fraction of sp³-hybridized carbons (Fsp3) is 0.0588. The van der Waals surface area contributed by atoms with Crippen molar-refractivity contribution in [2.75, 3.05) is 4.90 Å². The lowest BCUT2D eigenvalue weighted by molar-refractivity contribution is -0.130. The Bertz CT molecular complexity index is 868. The average Bonchev–Trinajstić information content (AvgIpc) is 2.57. The van der Waals surface area contributed by atoms with E-state index in [0.717, 1.165) is 3.57 Å². The Labute approximate surface area is 168 Å². The largest absolute Gasteiger partial charge is 0.301 e. The van der Waals surface area contributed by atoms with Gasteiger partial charge in [0.25, 0.3) is 5.91 Å². The lowest BCUT2D eigenvalue weighted by atomic mass is 10.1. The van der Waals surface area contributed by atoms with E-state index < -0.39 is 17.7 Å². The van der Waals surface area contributed by atoms with Gasteiger partial charge in [-0.15, -0.1) is 0 Å². The van der Waals surface area contributed by atoms with E-state index in [9.17, 15) is 9.59 Å². The highest BCUT2D eigenvalue weighted by Gasteiger charge is 2.38. The van der Waals surface area contributed by atoms with Crippen LogP contribution in [0, 0.1) is 9.49 Å². The van der Waals surface area contributed by atoms with Crippen molar-refractivity contribution >= 4 is 80.9 Å². The van der Waals surface area contributed by atoms with Gasteiger partial charge in [0, 0.05) is 14.8 Å². The van der Waals surface area contributed by atoms with Gasteiger partial charge < -0.3 is 5.32 Å². The van der Waals surface area contributed by atoms with E-state index in [2.05, 4.69) is 32.9 Å². The van der Waals surface area contributed by atoms with Crippen molar-refractivity contribution < 1.29 is 9.59 Å². The van der Waals surface area contributed by atoms with Crippen LogP contribution < -0.4 is 10.2 Å². The van der Waals surface area contributed by atoms with Gasteiger partial charge in [-0.2, -0.15) is 0 Å². The van der Waals surface area contributed by atoms with Crippen molar-refractivity contribution in [1.29, 1.82) is 0 Å². The van der Waals surface area contributed by atoms with E-state index in [1.54, 1.807) is 24.3 Å². The fourth-order valence-corrected chi connectivity index (χ4v) is 3.03. The molecule has 0 bridgehead atoms. The van der Waals surface area contributed by atoms with Gasteiger partial charge in [-0.3, -0.25) is 19.5 Å². The molecule has 8 heteroatoms. The predicted molar refractivity (Wildman–Crippen MR) is 110 cm³/mol. The number of nitrogens with zero attached hydrogens (tertiary/aromatic N) is 2. The van der Waals surface area contributed by atoms with Gasteiger partial charge in [0.15, 0.2) is 11.0 Å². The molecule has 1 fully saturated rings. The summed E-state index contributed by atoms with van der Waals surface area (Å²) in [7, 11) is 0. The average molecular weight is 484 g/mol. The summed E-state index contributed by atoms with van der Waals surface area (Å²) in [6, 6.07) is 14.0. The van der Waals surface area contributed by atoms with Crippen LogP contribution in [0.1, 0.15) is 0 Å². The summed E-state index contributed by atoms with van der Waals surface area (Å²) >= 11 is 13.2. The van der Waals surface area contributed by atoms with E-state index in [-0.39, 0.29) is 5.11 Å². The number of rotatable bonds is 3. The van der Waals surface area contributed by atoms with Crippen LogP contribution in [-0.2, 0) is 9.59 Å². The van der Waals surface area contributed by atoms with Crippen molar-refractivity contribution in [1.82, 2.24) is 5.32 Å². The van der Waals surface area contributed by atoms with Crippen molar-refractivity contribution in [3.05, 3.63) is 57.1 Å². The van der Waals surface area contributed by atoms with Gasteiger partial charge in [0.05, 0.1) is 11.4 Å². The molecule has 0 unspecified atom stereocenters. The Kier molecular flexibility index (Phi) is 5.45. The fourth-order valence-electron chi connectivity index (χ4n) is 2.24. The van der Waals surface area contributed by atoms with Gasteiger partial charge in [-0.05, 0) is 83.3 Å². The number of nitrogens with one attached hydrogen (secondary N) is 1. The molecule has 1 N–H and O–H groups in total. The maximum Gasteiger partial charge on any atom is 0.251 e. The Morgan fingerprint density at radius 2 is 1.76 bits per heavy atom. The molecule has 1 aliphatic heterocycles. The molecule has 5 nitrogen and oxygen atoms in total. The molecule has 2 aromatic rings. The van der Waals surface area contributed by atoms with Crippen LogP contribution in [0.3, 0.4) is 0 Å². The topological polar surface area (TPSA) is 61.8 Å². The second-order valence-corrected chi connectivity index (χ2v) is 7.25. The van der Waals surface area contributed by atoms with Crippen LogP contribution in [0.4, 0.5) is 11.4 Å². The molecule has 0 radical (unpaired) electrons. The summed E-state index contributed by atoms with van der Waals surface area (Å²) in [6.07, 6.45) is 1.34. The number of hydrogen-bond acceptors (Lipinski definition) is 4. The number of hydrogen-bond donors (Lipinski definition) is 1. The van der Waals surface area contributed by atoms with E-state index in [4.69, 9.17) is 23.8 Å². The minimum atomic E-state index is -1.05. The van der Waals surface area contributed by atoms with Crippen LogP contribution >= 0.6 is 46.4 Å². The first-order chi connectivity index (χ1) is 12.0. The maximum absolute atomic E-state index is 12.8. The molecule has 0 spiro atoms. The molecule has 1 saturated heterocycles. The van der Waals surface area contributed by atoms with Crippen LogP contribution in [0.25, 0.3) is 0 Å². The maximum atomic E-state index is 12.8. The molecule has 2 amide bonds. The van der Waals surface area contributed by atoms with Crippen LogP contribution in [0.15, 0.2) is 53.5 Å². The normalized spacial score (nSPS) is 17.9. The summed E-state index contributed by atoms with van der Waals surface area (Å²) in [5.41, 5.74) is 1.19. The minimum absolute atomic E-state index is 0.0382. The monoisotopic (exact) mass is 483 g/mol. The number of thiocarbonyl (C=S) groups is 1. The molecule has 25 heavy (non-hydrogen) atoms. The highest BCUT2D eigenvalue weighted by atomic mass is 127. The first kappa shape index (κ1) is 18.0. The van der Waals surface area contributed by atoms with E-state index in [0.29, 0.717) is 16.4 Å². The molecular formula is C17H11ClIN3O2S. The molecule has 1 aliphatic rings. The molecule has 3 rings (SSSR count). The Morgan fingerprint density at radius 1 is 1.12 bits per heavy atom. The quantitative estimate of drug-likeness (QED) is 0.313. The van der Waals surface area contributed by atoms with Crippen LogP contribution in [0.2, 0.25) is 5.02 Å². The number of benzene rings is 2. The summed E-state index contributed by atoms with van der Waals surface area (Å²) in [5, 5.41) is 3.12. The van der Waals surface area contributed by atoms with Crippen LogP contribution in [0.5, 0.6) is 0 Å². The SMILES string of the molecule is O=C1NC(=S)N(c2ccc(Cl)cc2)C(=O)[C@@H]1C=Nc1ccc(I)cc1. The molecule has 1 atom stereocenters. The summed E-state index contributed by atoms with van der Waals surface area (Å²) in [6.45, 7) is 0. The third-order valence-corrected chi connectivity index (χ3v) is 4.74. The second-order valence-electron chi connectivity index (χ2n) is 5.18. The minimum Gasteiger partial charge on any atom is -0.301 e. The standard InChI is InChI=1S/C17H11ClIN3O2S/c18-10-1-7-13(8-2-10)22-16(24)14(15(23)21-17(22)25)9-20-12-5-3-11(19)4-6-12/h1-9,14H,(H,21,23,25)/t14-/m1/s1. The highest BCUT2D eigenvalue weighted by Crippen LogP contribution is 2.23. The van der Waals surface area contributed by atoms with E-state index in [1.807, 2.05) is 24.3 Å². The molecule has 1 heterocycles. The number of amides is 2. The summed E-state index contributed by atoms with van der Waals surface area (Å²) < 4.78 is 1.07. The zero-order chi connectivity index (χ0) is 18.0. The molecule has 2 aromatic carbocycles. The van der Waals surface area contributed by atoms with Crippen LogP contribution in [-0.4, -0.2) is 23.1 Å². The Balaban J connectivity index is 1.87. The number of halogens is 2. The number of anilines is 1. The van der Waals surface area contributed by atoms with Crippen molar-refractivity contribution in [2.45, 2.75) is 0 Å². The number of carbonyl (C=O) groups is 2. The lowest BCUT2D eigenvalue weighted by Gasteiger charge is -2.30. The molecule has 126 valence electrons. The second kappa shape index (κ2) is 7.59. The smallest absolute Gasteiger partial charge is 0.251 e. The Hall–Kier alpha value is -1.84. The van der Waals surface area contributed by atoms with Gasteiger partial charge in [0.1, 0.15) is 0 Å². The first-order valence-electron chi connectivity index (χ1n) is 7.20. The van der Waals surface area contributed by atoms with Gasteiger partial charge in [-0.1, -0.05) is 11.6 Å². The lowest BCUT2D eigenvalue weighted by Crippen LogP contribution is -2.58. The van der Waals surface area contributed by atoms with Gasteiger partial charge in [-0.25, -0.2) is 0 Å². The zero-order valence-electron chi connectivity index (χ0n) is 12.6. The van der Waals surface area contributed by atoms with Crippen molar-refractivity contribution in [3.63, 3.8) is 0 Å². The Morgan fingerprint density at radius 3 is 2.40 bits per heavy atom. The molecule has 0 aliphatic carbocycles. The highest BCUT2D eigenvalue weighted by molar-refractivity contribution is 14.1. The van der Waals surface area contributed by atoms with E-state index in [1.165, 1.54) is 11.1 Å². The molecular weight excluding hydrogens is 473 g/mol. The number of carbonyl (C=O) groups excluding carboxylic acids is 2.